The van der Waals surface area contributed by atoms with Crippen molar-refractivity contribution in [1.82, 2.24) is 20.1 Å². The number of nitrogens with one attached hydrogen (secondary N) is 3. The summed E-state index contributed by atoms with van der Waals surface area (Å²) in [6.07, 6.45) is 7.63. The molecule has 6 heteroatoms. The van der Waals surface area contributed by atoms with E-state index in [2.05, 4.69) is 15.5 Å². The zero-order valence-electron chi connectivity index (χ0n) is 10.00. The van der Waals surface area contributed by atoms with E-state index in [1.54, 1.807) is 0 Å². The van der Waals surface area contributed by atoms with E-state index in [9.17, 15) is 9.59 Å². The Morgan fingerprint density at radius 3 is 2.24 bits per heavy atom. The number of rotatable bonds is 4. The van der Waals surface area contributed by atoms with Gasteiger partial charge < -0.3 is 5.32 Å². The lowest BCUT2D eigenvalue weighted by molar-refractivity contribution is 0.441. The Hall–Kier alpha value is -1.30. The van der Waals surface area contributed by atoms with Crippen molar-refractivity contribution in [1.29, 1.82) is 0 Å². The van der Waals surface area contributed by atoms with E-state index < -0.39 is 0 Å². The zero-order chi connectivity index (χ0) is 12.1. The molecule has 1 aromatic heterocycles. The Labute approximate surface area is 99.4 Å². The van der Waals surface area contributed by atoms with Gasteiger partial charge in [0.2, 0.25) is 0 Å². The summed E-state index contributed by atoms with van der Waals surface area (Å²) in [5.74, 6) is 0. The number of H-pyrrole nitrogens is 2. The van der Waals surface area contributed by atoms with E-state index in [0.29, 0.717) is 19.1 Å². The van der Waals surface area contributed by atoms with Gasteiger partial charge in [-0.05, 0) is 12.8 Å². The van der Waals surface area contributed by atoms with Gasteiger partial charge in [-0.25, -0.2) is 24.4 Å². The summed E-state index contributed by atoms with van der Waals surface area (Å²) in [6.45, 7) is 1.10. The van der Waals surface area contributed by atoms with Gasteiger partial charge in [0.05, 0.1) is 0 Å². The van der Waals surface area contributed by atoms with Crippen molar-refractivity contribution in [3.63, 3.8) is 0 Å². The highest BCUT2D eigenvalue weighted by Gasteiger charge is 2.11. The maximum absolute atomic E-state index is 11.2. The third-order valence-corrected chi connectivity index (χ3v) is 3.39. The highest BCUT2D eigenvalue weighted by Crippen LogP contribution is 2.16. The first-order valence-corrected chi connectivity index (χ1v) is 6.38. The maximum Gasteiger partial charge on any atom is 0.344 e. The maximum atomic E-state index is 11.2. The van der Waals surface area contributed by atoms with Gasteiger partial charge >= 0.3 is 11.4 Å². The first kappa shape index (κ1) is 12.2. The number of hydrogen-bond donors (Lipinski definition) is 3. The second kappa shape index (κ2) is 5.86. The van der Waals surface area contributed by atoms with Crippen LogP contribution in [0.25, 0.3) is 0 Å². The Kier molecular flexibility index (Phi) is 4.19. The van der Waals surface area contributed by atoms with Gasteiger partial charge in [0.15, 0.2) is 0 Å². The lowest BCUT2D eigenvalue weighted by Crippen LogP contribution is -2.36. The van der Waals surface area contributed by atoms with Crippen LogP contribution in [0.15, 0.2) is 9.59 Å². The molecule has 6 nitrogen and oxygen atoms in total. The van der Waals surface area contributed by atoms with Crippen LogP contribution in [-0.4, -0.2) is 27.4 Å². The molecule has 0 unspecified atom stereocenters. The fourth-order valence-electron chi connectivity index (χ4n) is 2.40. The number of aromatic nitrogens is 3. The van der Waals surface area contributed by atoms with Crippen molar-refractivity contribution in [3.8, 4) is 0 Å². The lowest BCUT2D eigenvalue weighted by Gasteiger charge is -2.15. The molecule has 3 N–H and O–H groups in total. The molecule has 1 fully saturated rings. The van der Waals surface area contributed by atoms with Gasteiger partial charge in [-0.2, -0.15) is 0 Å². The highest BCUT2D eigenvalue weighted by molar-refractivity contribution is 4.72. The first-order chi connectivity index (χ1) is 8.27. The molecular formula is C11H20N4O2. The summed E-state index contributed by atoms with van der Waals surface area (Å²) in [5, 5.41) is 7.98. The van der Waals surface area contributed by atoms with E-state index in [1.165, 1.54) is 43.1 Å². The highest BCUT2D eigenvalue weighted by atomic mass is 16.2. The van der Waals surface area contributed by atoms with Crippen LogP contribution in [0.2, 0.25) is 0 Å². The average Bonchev–Trinajstić information content (AvgIpc) is 2.57. The molecule has 0 aliphatic heterocycles. The van der Waals surface area contributed by atoms with E-state index in [1.807, 2.05) is 0 Å². The minimum atomic E-state index is -0.363. The van der Waals surface area contributed by atoms with Gasteiger partial charge in [-0.1, -0.05) is 25.7 Å². The van der Waals surface area contributed by atoms with Crippen molar-refractivity contribution < 1.29 is 0 Å². The fraction of sp³-hybridized carbons (Fsp3) is 0.818. The van der Waals surface area contributed by atoms with Crippen molar-refractivity contribution in [2.75, 3.05) is 6.54 Å². The summed E-state index contributed by atoms with van der Waals surface area (Å²) >= 11 is 0. The second-order valence-corrected chi connectivity index (χ2v) is 4.65. The van der Waals surface area contributed by atoms with Gasteiger partial charge in [-0.15, -0.1) is 0 Å². The molecule has 1 aliphatic carbocycles. The largest absolute Gasteiger partial charge is 0.344 e. The third-order valence-electron chi connectivity index (χ3n) is 3.39. The molecule has 0 amide bonds. The first-order valence-electron chi connectivity index (χ1n) is 6.38. The quantitative estimate of drug-likeness (QED) is 0.656. The molecule has 0 spiro atoms. The molecule has 17 heavy (non-hydrogen) atoms. The third kappa shape index (κ3) is 3.33. The van der Waals surface area contributed by atoms with Gasteiger partial charge in [0, 0.05) is 19.1 Å². The molecule has 0 saturated heterocycles. The van der Waals surface area contributed by atoms with E-state index in [4.69, 9.17) is 0 Å². The van der Waals surface area contributed by atoms with Gasteiger partial charge in [-0.3, -0.25) is 0 Å². The topological polar surface area (TPSA) is 82.7 Å². The van der Waals surface area contributed by atoms with Crippen LogP contribution in [0.5, 0.6) is 0 Å². The molecule has 0 aromatic carbocycles. The second-order valence-electron chi connectivity index (χ2n) is 4.65. The number of nitrogens with zero attached hydrogens (tertiary/aromatic N) is 1. The van der Waals surface area contributed by atoms with Crippen molar-refractivity contribution in [3.05, 3.63) is 21.0 Å². The Morgan fingerprint density at radius 1 is 1.06 bits per heavy atom. The van der Waals surface area contributed by atoms with Gasteiger partial charge in [0.1, 0.15) is 0 Å². The average molecular weight is 240 g/mol. The standard InChI is InChI=1S/C11H20N4O2/c16-10-13-14-11(17)15(10)8-7-12-9-5-3-1-2-4-6-9/h9,12H,1-8H2,(H,13,16)(H,14,17). The molecule has 96 valence electrons. The molecule has 1 saturated carbocycles. The lowest BCUT2D eigenvalue weighted by atomic mass is 10.1. The van der Waals surface area contributed by atoms with E-state index >= 15 is 0 Å². The minimum Gasteiger partial charge on any atom is -0.312 e. The summed E-state index contributed by atoms with van der Waals surface area (Å²) < 4.78 is 1.18. The van der Waals surface area contributed by atoms with Crippen LogP contribution >= 0.6 is 0 Å². The van der Waals surface area contributed by atoms with Crippen LogP contribution in [-0.2, 0) is 6.54 Å². The van der Waals surface area contributed by atoms with Crippen molar-refractivity contribution in [2.45, 2.75) is 51.1 Å². The minimum absolute atomic E-state index is 0.363. The normalized spacial score (nSPS) is 18.1. The molecular weight excluding hydrogens is 220 g/mol. The summed E-state index contributed by atoms with van der Waals surface area (Å²) in [7, 11) is 0. The molecule has 2 rings (SSSR count). The summed E-state index contributed by atoms with van der Waals surface area (Å²) in [4.78, 5) is 22.5. The molecule has 1 aliphatic rings. The number of aromatic amines is 2. The Morgan fingerprint density at radius 2 is 1.65 bits per heavy atom. The monoisotopic (exact) mass is 240 g/mol. The molecule has 0 bridgehead atoms. The molecule has 1 heterocycles. The molecule has 0 atom stereocenters. The van der Waals surface area contributed by atoms with Crippen LogP contribution in [0.1, 0.15) is 38.5 Å². The molecule has 0 radical (unpaired) electrons. The van der Waals surface area contributed by atoms with E-state index in [0.717, 1.165) is 0 Å². The zero-order valence-corrected chi connectivity index (χ0v) is 10.00. The van der Waals surface area contributed by atoms with Crippen LogP contribution in [0, 0.1) is 0 Å². The Balaban J connectivity index is 1.79. The van der Waals surface area contributed by atoms with Crippen LogP contribution in [0.4, 0.5) is 0 Å². The fourth-order valence-corrected chi connectivity index (χ4v) is 2.40. The summed E-state index contributed by atoms with van der Waals surface area (Å²) in [6, 6.07) is 0.547. The smallest absolute Gasteiger partial charge is 0.312 e. The SMILES string of the molecule is O=c1[nH][nH]c(=O)n1CCNC1CCCCCC1. The predicted molar refractivity (Wildman–Crippen MR) is 65.2 cm³/mol. The van der Waals surface area contributed by atoms with Crippen molar-refractivity contribution in [2.24, 2.45) is 0 Å². The summed E-state index contributed by atoms with van der Waals surface area (Å²) in [5.41, 5.74) is -0.727. The van der Waals surface area contributed by atoms with E-state index in [-0.39, 0.29) is 11.4 Å². The van der Waals surface area contributed by atoms with Gasteiger partial charge in [0.25, 0.3) is 0 Å². The van der Waals surface area contributed by atoms with Crippen molar-refractivity contribution >= 4 is 0 Å². The van der Waals surface area contributed by atoms with Crippen LogP contribution < -0.4 is 16.7 Å². The van der Waals surface area contributed by atoms with Crippen LogP contribution in [0.3, 0.4) is 0 Å². The number of hydrogen-bond acceptors (Lipinski definition) is 3. The Bertz CT molecular complexity index is 409. The predicted octanol–water partition coefficient (Wildman–Crippen LogP) is 0.177. The molecule has 1 aromatic rings.